The number of hydrogen-bond acceptors (Lipinski definition) is 3. The summed E-state index contributed by atoms with van der Waals surface area (Å²) < 4.78 is 18.0. The Hall–Kier alpha value is -1.43. The Labute approximate surface area is 116 Å². The van der Waals surface area contributed by atoms with Crippen LogP contribution in [0.5, 0.6) is 0 Å². The van der Waals surface area contributed by atoms with Crippen LogP contribution in [0.3, 0.4) is 0 Å². The van der Waals surface area contributed by atoms with Crippen molar-refractivity contribution in [3.63, 3.8) is 0 Å². The SMILES string of the molecule is COCCNCc1cnc(-c2ccc(F)c(Cl)c2)[nH]1. The van der Waals surface area contributed by atoms with Gasteiger partial charge < -0.3 is 15.0 Å². The van der Waals surface area contributed by atoms with Crippen LogP contribution in [0, 0.1) is 5.82 Å². The van der Waals surface area contributed by atoms with E-state index >= 15 is 0 Å². The predicted molar refractivity (Wildman–Crippen MR) is 72.6 cm³/mol. The third-order valence-corrected chi connectivity index (χ3v) is 2.91. The van der Waals surface area contributed by atoms with E-state index in [4.69, 9.17) is 16.3 Å². The maximum Gasteiger partial charge on any atom is 0.141 e. The van der Waals surface area contributed by atoms with Gasteiger partial charge >= 0.3 is 0 Å². The van der Waals surface area contributed by atoms with Crippen molar-refractivity contribution in [3.8, 4) is 11.4 Å². The van der Waals surface area contributed by atoms with Crippen molar-refractivity contribution in [2.75, 3.05) is 20.3 Å². The normalized spacial score (nSPS) is 10.9. The average molecular weight is 284 g/mol. The summed E-state index contributed by atoms with van der Waals surface area (Å²) >= 11 is 5.75. The van der Waals surface area contributed by atoms with Crippen LogP contribution in [-0.2, 0) is 11.3 Å². The van der Waals surface area contributed by atoms with Gasteiger partial charge in [0.15, 0.2) is 0 Å². The summed E-state index contributed by atoms with van der Waals surface area (Å²) in [6.45, 7) is 2.10. The number of imidazole rings is 1. The molecule has 0 spiro atoms. The number of rotatable bonds is 6. The Morgan fingerprint density at radius 3 is 3.05 bits per heavy atom. The second-order valence-corrected chi connectivity index (χ2v) is 4.46. The predicted octanol–water partition coefficient (Wildman–Crippen LogP) is 2.61. The van der Waals surface area contributed by atoms with Crippen LogP contribution in [0.15, 0.2) is 24.4 Å². The van der Waals surface area contributed by atoms with E-state index in [9.17, 15) is 4.39 Å². The Balaban J connectivity index is 2.01. The lowest BCUT2D eigenvalue weighted by atomic mass is 10.2. The van der Waals surface area contributed by atoms with Gasteiger partial charge in [-0.15, -0.1) is 0 Å². The summed E-state index contributed by atoms with van der Waals surface area (Å²) in [7, 11) is 1.66. The van der Waals surface area contributed by atoms with E-state index in [1.165, 1.54) is 6.07 Å². The van der Waals surface area contributed by atoms with Crippen molar-refractivity contribution < 1.29 is 9.13 Å². The summed E-state index contributed by atoms with van der Waals surface area (Å²) in [5.41, 5.74) is 1.71. The highest BCUT2D eigenvalue weighted by Gasteiger charge is 2.06. The van der Waals surface area contributed by atoms with Crippen molar-refractivity contribution in [1.82, 2.24) is 15.3 Å². The van der Waals surface area contributed by atoms with Crippen LogP contribution >= 0.6 is 11.6 Å². The molecule has 0 bridgehead atoms. The van der Waals surface area contributed by atoms with E-state index in [-0.39, 0.29) is 5.02 Å². The van der Waals surface area contributed by atoms with Crippen LogP contribution in [-0.4, -0.2) is 30.2 Å². The molecule has 102 valence electrons. The molecular formula is C13H15ClFN3O. The first-order valence-corrected chi connectivity index (χ1v) is 6.27. The first-order valence-electron chi connectivity index (χ1n) is 5.89. The molecule has 2 aromatic rings. The molecule has 2 N–H and O–H groups in total. The van der Waals surface area contributed by atoms with Gasteiger partial charge in [0.25, 0.3) is 0 Å². The molecule has 1 aromatic carbocycles. The second-order valence-electron chi connectivity index (χ2n) is 4.06. The van der Waals surface area contributed by atoms with Gasteiger partial charge in [-0.1, -0.05) is 11.6 Å². The van der Waals surface area contributed by atoms with Gasteiger partial charge in [-0.05, 0) is 18.2 Å². The van der Waals surface area contributed by atoms with E-state index in [0.29, 0.717) is 19.0 Å². The third kappa shape index (κ3) is 3.76. The number of methoxy groups -OCH3 is 1. The topological polar surface area (TPSA) is 49.9 Å². The van der Waals surface area contributed by atoms with Gasteiger partial charge in [0.1, 0.15) is 11.6 Å². The Morgan fingerprint density at radius 2 is 2.32 bits per heavy atom. The number of aromatic nitrogens is 2. The smallest absolute Gasteiger partial charge is 0.141 e. The zero-order valence-electron chi connectivity index (χ0n) is 10.5. The molecule has 0 aliphatic rings. The first kappa shape index (κ1) is 14.0. The third-order valence-electron chi connectivity index (χ3n) is 2.62. The quantitative estimate of drug-likeness (QED) is 0.801. The molecule has 0 saturated carbocycles. The highest BCUT2D eigenvalue weighted by molar-refractivity contribution is 6.31. The van der Waals surface area contributed by atoms with Crippen LogP contribution in [0.1, 0.15) is 5.69 Å². The van der Waals surface area contributed by atoms with Gasteiger partial charge in [0.2, 0.25) is 0 Å². The molecule has 0 amide bonds. The molecule has 0 fully saturated rings. The van der Waals surface area contributed by atoms with E-state index < -0.39 is 5.82 Å². The Bertz CT molecular complexity index is 544. The molecule has 1 aromatic heterocycles. The number of halogens is 2. The van der Waals surface area contributed by atoms with Gasteiger partial charge in [0.05, 0.1) is 11.6 Å². The first-order chi connectivity index (χ1) is 9.20. The lowest BCUT2D eigenvalue weighted by Gasteiger charge is -2.01. The van der Waals surface area contributed by atoms with Crippen molar-refractivity contribution in [3.05, 3.63) is 40.9 Å². The Kier molecular flexibility index (Phi) is 4.90. The molecule has 0 saturated heterocycles. The molecule has 0 aliphatic carbocycles. The van der Waals surface area contributed by atoms with Gasteiger partial charge in [0, 0.05) is 37.7 Å². The maximum absolute atomic E-state index is 13.1. The highest BCUT2D eigenvalue weighted by atomic mass is 35.5. The second kappa shape index (κ2) is 6.65. The highest BCUT2D eigenvalue weighted by Crippen LogP contribution is 2.22. The van der Waals surface area contributed by atoms with Crippen LogP contribution in [0.4, 0.5) is 4.39 Å². The lowest BCUT2D eigenvalue weighted by Crippen LogP contribution is -2.18. The fourth-order valence-corrected chi connectivity index (χ4v) is 1.82. The number of benzene rings is 1. The minimum Gasteiger partial charge on any atom is -0.383 e. The molecule has 0 unspecified atom stereocenters. The summed E-state index contributed by atoms with van der Waals surface area (Å²) in [4.78, 5) is 7.41. The number of aromatic amines is 1. The van der Waals surface area contributed by atoms with Gasteiger partial charge in [-0.2, -0.15) is 0 Å². The summed E-state index contributed by atoms with van der Waals surface area (Å²) in [5.74, 6) is 0.240. The molecule has 4 nitrogen and oxygen atoms in total. The van der Waals surface area contributed by atoms with Gasteiger partial charge in [-0.25, -0.2) is 9.37 Å². The molecule has 0 radical (unpaired) electrons. The molecule has 19 heavy (non-hydrogen) atoms. The standard InChI is InChI=1S/C13H15ClFN3O/c1-19-5-4-16-7-10-8-17-13(18-10)9-2-3-12(15)11(14)6-9/h2-3,6,8,16H,4-5,7H2,1H3,(H,17,18). The van der Waals surface area contributed by atoms with E-state index in [1.807, 2.05) is 0 Å². The zero-order chi connectivity index (χ0) is 13.7. The van der Waals surface area contributed by atoms with E-state index in [2.05, 4.69) is 15.3 Å². The van der Waals surface area contributed by atoms with Crippen molar-refractivity contribution in [2.24, 2.45) is 0 Å². The van der Waals surface area contributed by atoms with Crippen molar-refractivity contribution in [2.45, 2.75) is 6.54 Å². The van der Waals surface area contributed by atoms with Crippen LogP contribution in [0.2, 0.25) is 5.02 Å². The molecule has 0 aliphatic heterocycles. The summed E-state index contributed by atoms with van der Waals surface area (Å²) in [6, 6.07) is 4.52. The fourth-order valence-electron chi connectivity index (χ4n) is 1.64. The van der Waals surface area contributed by atoms with E-state index in [1.54, 1.807) is 25.4 Å². The summed E-state index contributed by atoms with van der Waals surface area (Å²) in [6.07, 6.45) is 1.74. The number of nitrogens with zero attached hydrogens (tertiary/aromatic N) is 1. The van der Waals surface area contributed by atoms with Crippen molar-refractivity contribution in [1.29, 1.82) is 0 Å². The van der Waals surface area contributed by atoms with Gasteiger partial charge in [-0.3, -0.25) is 0 Å². The molecule has 6 heteroatoms. The minimum atomic E-state index is -0.432. The zero-order valence-corrected chi connectivity index (χ0v) is 11.3. The number of H-pyrrole nitrogens is 1. The maximum atomic E-state index is 13.1. The monoisotopic (exact) mass is 283 g/mol. The molecule has 1 heterocycles. The molecular weight excluding hydrogens is 269 g/mol. The fraction of sp³-hybridized carbons (Fsp3) is 0.308. The van der Waals surface area contributed by atoms with Crippen LogP contribution < -0.4 is 5.32 Å². The number of nitrogens with one attached hydrogen (secondary N) is 2. The average Bonchev–Trinajstić information content (AvgIpc) is 2.87. The van der Waals surface area contributed by atoms with Crippen molar-refractivity contribution >= 4 is 11.6 Å². The summed E-state index contributed by atoms with van der Waals surface area (Å²) in [5, 5.41) is 3.30. The molecule has 2 rings (SSSR count). The lowest BCUT2D eigenvalue weighted by molar-refractivity contribution is 0.199. The number of hydrogen-bond donors (Lipinski definition) is 2. The molecule has 0 atom stereocenters. The van der Waals surface area contributed by atoms with E-state index in [0.717, 1.165) is 17.8 Å². The number of ether oxygens (including phenoxy) is 1. The Morgan fingerprint density at radius 1 is 1.47 bits per heavy atom. The largest absolute Gasteiger partial charge is 0.383 e. The van der Waals surface area contributed by atoms with Crippen LogP contribution in [0.25, 0.3) is 11.4 Å². The minimum absolute atomic E-state index is 0.0914.